The fraction of sp³-hybridized carbons (Fsp3) is 0.750. The molecule has 1 aliphatic rings. The second-order valence-electron chi connectivity index (χ2n) is 4.93. The standard InChI is InChI=1S/C12H21N3OS/c13-5-9-1-3-10(4-2-9)6-14-7-11-8-17-12(16)15-11/h8-10,14H,1-7,13H2,(H,15,16). The predicted octanol–water partition coefficient (Wildman–Crippen LogP) is 1.29. The minimum Gasteiger partial charge on any atom is -0.330 e. The lowest BCUT2D eigenvalue weighted by Gasteiger charge is -2.27. The minimum absolute atomic E-state index is 0.0326. The van der Waals surface area contributed by atoms with Crippen LogP contribution < -0.4 is 15.9 Å². The molecule has 1 aromatic heterocycles. The van der Waals surface area contributed by atoms with Crippen molar-refractivity contribution in [2.24, 2.45) is 17.6 Å². The van der Waals surface area contributed by atoms with Crippen molar-refractivity contribution in [1.82, 2.24) is 10.3 Å². The number of nitrogens with two attached hydrogens (primary N) is 1. The SMILES string of the molecule is NCC1CCC(CNCc2csc(=O)[nH]2)CC1. The molecule has 96 valence electrons. The highest BCUT2D eigenvalue weighted by molar-refractivity contribution is 7.07. The second-order valence-corrected chi connectivity index (χ2v) is 5.77. The molecule has 5 heteroatoms. The first-order valence-electron chi connectivity index (χ1n) is 6.35. The Bertz CT molecular complexity index is 379. The molecule has 0 amide bonds. The van der Waals surface area contributed by atoms with Gasteiger partial charge in [0.05, 0.1) is 0 Å². The number of aromatic amines is 1. The van der Waals surface area contributed by atoms with Crippen molar-refractivity contribution >= 4 is 11.3 Å². The zero-order chi connectivity index (χ0) is 12.1. The molecule has 4 N–H and O–H groups in total. The van der Waals surface area contributed by atoms with Crippen molar-refractivity contribution < 1.29 is 0 Å². The van der Waals surface area contributed by atoms with Crippen LogP contribution in [0, 0.1) is 11.8 Å². The van der Waals surface area contributed by atoms with Gasteiger partial charge in [-0.25, -0.2) is 0 Å². The monoisotopic (exact) mass is 255 g/mol. The van der Waals surface area contributed by atoms with Gasteiger partial charge in [0.25, 0.3) is 0 Å². The summed E-state index contributed by atoms with van der Waals surface area (Å²) in [7, 11) is 0. The summed E-state index contributed by atoms with van der Waals surface area (Å²) >= 11 is 1.23. The zero-order valence-electron chi connectivity index (χ0n) is 10.1. The molecule has 17 heavy (non-hydrogen) atoms. The average molecular weight is 255 g/mol. The Balaban J connectivity index is 1.64. The zero-order valence-corrected chi connectivity index (χ0v) is 10.9. The van der Waals surface area contributed by atoms with Gasteiger partial charge in [-0.1, -0.05) is 11.3 Å². The molecular formula is C12H21N3OS. The molecule has 0 radical (unpaired) electrons. The van der Waals surface area contributed by atoms with Crippen LogP contribution in [0.25, 0.3) is 0 Å². The molecule has 0 bridgehead atoms. The quantitative estimate of drug-likeness (QED) is 0.742. The summed E-state index contributed by atoms with van der Waals surface area (Å²) in [6, 6.07) is 0. The maximum Gasteiger partial charge on any atom is 0.304 e. The van der Waals surface area contributed by atoms with Crippen molar-refractivity contribution in [2.45, 2.75) is 32.2 Å². The molecule has 0 spiro atoms. The van der Waals surface area contributed by atoms with E-state index in [0.29, 0.717) is 0 Å². The molecule has 0 unspecified atom stereocenters. The predicted molar refractivity (Wildman–Crippen MR) is 71.1 cm³/mol. The van der Waals surface area contributed by atoms with Gasteiger partial charge in [-0.05, 0) is 50.6 Å². The maximum absolute atomic E-state index is 10.9. The van der Waals surface area contributed by atoms with E-state index in [4.69, 9.17) is 5.73 Å². The molecule has 1 aliphatic carbocycles. The fourth-order valence-electron chi connectivity index (χ4n) is 2.48. The van der Waals surface area contributed by atoms with E-state index in [1.54, 1.807) is 0 Å². The second kappa shape index (κ2) is 6.33. The van der Waals surface area contributed by atoms with E-state index in [1.807, 2.05) is 5.38 Å². The Labute approximate surface area is 106 Å². The van der Waals surface area contributed by atoms with E-state index in [0.717, 1.165) is 37.2 Å². The number of H-pyrrole nitrogens is 1. The summed E-state index contributed by atoms with van der Waals surface area (Å²) in [5.74, 6) is 1.53. The normalized spacial score (nSPS) is 25.0. The van der Waals surface area contributed by atoms with Crippen LogP contribution in [0.2, 0.25) is 0 Å². The Morgan fingerprint density at radius 1 is 1.35 bits per heavy atom. The van der Waals surface area contributed by atoms with Crippen LogP contribution in [0.15, 0.2) is 10.2 Å². The highest BCUT2D eigenvalue weighted by Gasteiger charge is 2.19. The molecule has 0 atom stereocenters. The molecule has 0 saturated heterocycles. The molecule has 1 aromatic rings. The third-order valence-electron chi connectivity index (χ3n) is 3.62. The molecule has 2 rings (SSSR count). The molecular weight excluding hydrogens is 234 g/mol. The first-order chi connectivity index (χ1) is 8.28. The van der Waals surface area contributed by atoms with Crippen LogP contribution in [-0.2, 0) is 6.54 Å². The van der Waals surface area contributed by atoms with Crippen LogP contribution in [0.5, 0.6) is 0 Å². The summed E-state index contributed by atoms with van der Waals surface area (Å²) < 4.78 is 0. The lowest BCUT2D eigenvalue weighted by molar-refractivity contribution is 0.272. The Morgan fingerprint density at radius 3 is 2.65 bits per heavy atom. The van der Waals surface area contributed by atoms with E-state index >= 15 is 0 Å². The molecule has 0 aliphatic heterocycles. The summed E-state index contributed by atoms with van der Waals surface area (Å²) in [4.78, 5) is 13.8. The first-order valence-corrected chi connectivity index (χ1v) is 7.23. The van der Waals surface area contributed by atoms with Crippen molar-refractivity contribution in [1.29, 1.82) is 0 Å². The molecule has 1 fully saturated rings. The third-order valence-corrected chi connectivity index (χ3v) is 4.34. The van der Waals surface area contributed by atoms with E-state index in [1.165, 1.54) is 37.0 Å². The third kappa shape index (κ3) is 3.94. The highest BCUT2D eigenvalue weighted by atomic mass is 32.1. The van der Waals surface area contributed by atoms with Gasteiger partial charge in [0.2, 0.25) is 0 Å². The van der Waals surface area contributed by atoms with Crippen LogP contribution in [-0.4, -0.2) is 18.1 Å². The fourth-order valence-corrected chi connectivity index (χ4v) is 3.06. The van der Waals surface area contributed by atoms with Crippen molar-refractivity contribution in [3.63, 3.8) is 0 Å². The van der Waals surface area contributed by atoms with Gasteiger partial charge in [0, 0.05) is 17.6 Å². The van der Waals surface area contributed by atoms with Gasteiger partial charge < -0.3 is 16.0 Å². The highest BCUT2D eigenvalue weighted by Crippen LogP contribution is 2.27. The molecule has 1 heterocycles. The molecule has 1 saturated carbocycles. The summed E-state index contributed by atoms with van der Waals surface area (Å²) in [5, 5.41) is 5.31. The Hall–Kier alpha value is -0.650. The van der Waals surface area contributed by atoms with E-state index in [9.17, 15) is 4.79 Å². The average Bonchev–Trinajstić information content (AvgIpc) is 2.76. The van der Waals surface area contributed by atoms with E-state index in [-0.39, 0.29) is 4.87 Å². The van der Waals surface area contributed by atoms with Crippen molar-refractivity contribution in [3.05, 3.63) is 20.7 Å². The number of nitrogens with one attached hydrogen (secondary N) is 2. The summed E-state index contributed by atoms with van der Waals surface area (Å²) in [5.41, 5.74) is 6.67. The maximum atomic E-state index is 10.9. The van der Waals surface area contributed by atoms with Gasteiger partial charge in [0.1, 0.15) is 0 Å². The Morgan fingerprint density at radius 2 is 2.06 bits per heavy atom. The van der Waals surface area contributed by atoms with Gasteiger partial charge in [-0.3, -0.25) is 4.79 Å². The number of hydrogen-bond acceptors (Lipinski definition) is 4. The molecule has 4 nitrogen and oxygen atoms in total. The number of rotatable bonds is 5. The lowest BCUT2D eigenvalue weighted by atomic mass is 9.82. The lowest BCUT2D eigenvalue weighted by Crippen LogP contribution is -2.28. The van der Waals surface area contributed by atoms with Gasteiger partial charge in [0.15, 0.2) is 0 Å². The van der Waals surface area contributed by atoms with E-state index in [2.05, 4.69) is 10.3 Å². The van der Waals surface area contributed by atoms with E-state index < -0.39 is 0 Å². The van der Waals surface area contributed by atoms with Gasteiger partial charge in [-0.2, -0.15) is 0 Å². The largest absolute Gasteiger partial charge is 0.330 e. The topological polar surface area (TPSA) is 70.9 Å². The van der Waals surface area contributed by atoms with Gasteiger partial charge in [-0.15, -0.1) is 0 Å². The Kier molecular flexibility index (Phi) is 4.76. The van der Waals surface area contributed by atoms with Crippen LogP contribution >= 0.6 is 11.3 Å². The minimum atomic E-state index is 0.0326. The first kappa shape index (κ1) is 12.8. The summed E-state index contributed by atoms with van der Waals surface area (Å²) in [6.07, 6.45) is 5.13. The number of aromatic nitrogens is 1. The van der Waals surface area contributed by atoms with Crippen LogP contribution in [0.1, 0.15) is 31.4 Å². The van der Waals surface area contributed by atoms with Crippen LogP contribution in [0.3, 0.4) is 0 Å². The number of thiazole rings is 1. The smallest absolute Gasteiger partial charge is 0.304 e. The van der Waals surface area contributed by atoms with Gasteiger partial charge >= 0.3 is 4.87 Å². The van der Waals surface area contributed by atoms with Crippen LogP contribution in [0.4, 0.5) is 0 Å². The van der Waals surface area contributed by atoms with Crippen molar-refractivity contribution in [3.8, 4) is 0 Å². The number of hydrogen-bond donors (Lipinski definition) is 3. The molecule has 0 aromatic carbocycles. The summed E-state index contributed by atoms with van der Waals surface area (Å²) in [6.45, 7) is 2.67. The van der Waals surface area contributed by atoms with Crippen molar-refractivity contribution in [2.75, 3.05) is 13.1 Å².